The van der Waals surface area contributed by atoms with Gasteiger partial charge in [0.1, 0.15) is 0 Å². The maximum absolute atomic E-state index is 11.0. The Morgan fingerprint density at radius 3 is 2.09 bits per heavy atom. The summed E-state index contributed by atoms with van der Waals surface area (Å²) in [5.74, 6) is 1.52. The van der Waals surface area contributed by atoms with E-state index in [0.29, 0.717) is 27.1 Å². The molecule has 0 heterocycles. The highest BCUT2D eigenvalue weighted by Crippen LogP contribution is 2.78. The molecular weight excluding hydrogens is 388 g/mol. The van der Waals surface area contributed by atoms with Crippen LogP contribution in [-0.2, 0) is 0 Å². The lowest BCUT2D eigenvalue weighted by molar-refractivity contribution is -0.249. The average molecular weight is 441 g/mol. The number of fused-ring (bicyclic) bond motifs is 7. The van der Waals surface area contributed by atoms with Crippen LogP contribution in [0.2, 0.25) is 0 Å². The molecule has 4 saturated carbocycles. The Morgan fingerprint density at radius 1 is 0.750 bits per heavy atom. The Bertz CT molecular complexity index is 835. The lowest BCUT2D eigenvalue weighted by atomic mass is 9.30. The zero-order valence-corrected chi connectivity index (χ0v) is 22.8. The van der Waals surface area contributed by atoms with Crippen molar-refractivity contribution in [3.05, 3.63) is 11.6 Å². The third-order valence-electron chi connectivity index (χ3n) is 14.1. The molecule has 182 valence electrons. The largest absolute Gasteiger partial charge is 0.393 e. The smallest absolute Gasteiger partial charge is 0.0596 e. The average Bonchev–Trinajstić information content (AvgIpc) is 2.70. The van der Waals surface area contributed by atoms with Crippen molar-refractivity contribution < 1.29 is 5.11 Å². The van der Waals surface area contributed by atoms with E-state index < -0.39 is 0 Å². The number of rotatable bonds is 0. The normalized spacial score (nSPS) is 56.2. The van der Waals surface area contributed by atoms with Crippen LogP contribution in [-0.4, -0.2) is 11.2 Å². The van der Waals surface area contributed by atoms with Crippen molar-refractivity contribution in [1.82, 2.24) is 0 Å². The zero-order chi connectivity index (χ0) is 23.6. The van der Waals surface area contributed by atoms with Crippen molar-refractivity contribution in [2.75, 3.05) is 0 Å². The van der Waals surface area contributed by atoms with E-state index in [0.717, 1.165) is 18.3 Å². The van der Waals surface area contributed by atoms with Gasteiger partial charge < -0.3 is 5.11 Å². The van der Waals surface area contributed by atoms with Crippen LogP contribution in [0, 0.1) is 49.7 Å². The van der Waals surface area contributed by atoms with Gasteiger partial charge in [0.25, 0.3) is 0 Å². The van der Waals surface area contributed by atoms with Gasteiger partial charge in [-0.3, -0.25) is 0 Å². The summed E-state index contributed by atoms with van der Waals surface area (Å²) >= 11 is 0. The maximum Gasteiger partial charge on any atom is 0.0596 e. The van der Waals surface area contributed by atoms with Crippen LogP contribution in [0.1, 0.15) is 127 Å². The molecule has 4 fully saturated rings. The van der Waals surface area contributed by atoms with Crippen molar-refractivity contribution in [3.63, 3.8) is 0 Å². The summed E-state index contributed by atoms with van der Waals surface area (Å²) in [6.07, 6.45) is 15.7. The van der Waals surface area contributed by atoms with Gasteiger partial charge in [-0.15, -0.1) is 0 Å². The van der Waals surface area contributed by atoms with E-state index in [9.17, 15) is 5.11 Å². The molecule has 1 N–H and O–H groups in total. The first kappa shape index (κ1) is 23.4. The summed E-state index contributed by atoms with van der Waals surface area (Å²) in [6.45, 7) is 23.0. The summed E-state index contributed by atoms with van der Waals surface area (Å²) < 4.78 is 0. The first-order valence-electron chi connectivity index (χ1n) is 14.0. The Balaban J connectivity index is 1.60. The number of hydrogen-bond acceptors (Lipinski definition) is 1. The topological polar surface area (TPSA) is 20.2 Å². The Hall–Kier alpha value is -0.300. The van der Waals surface area contributed by atoms with Crippen molar-refractivity contribution in [2.45, 2.75) is 133 Å². The molecule has 0 aromatic rings. The number of hydrogen-bond donors (Lipinski definition) is 1. The van der Waals surface area contributed by atoms with E-state index >= 15 is 0 Å². The van der Waals surface area contributed by atoms with Gasteiger partial charge >= 0.3 is 0 Å². The predicted octanol–water partition coefficient (Wildman–Crippen LogP) is 8.56. The van der Waals surface area contributed by atoms with Crippen LogP contribution in [0.4, 0.5) is 0 Å². The van der Waals surface area contributed by atoms with Crippen LogP contribution in [0.5, 0.6) is 0 Å². The third-order valence-corrected chi connectivity index (χ3v) is 14.1. The molecule has 0 saturated heterocycles. The minimum absolute atomic E-state index is 0.00917. The van der Waals surface area contributed by atoms with Gasteiger partial charge in [0.15, 0.2) is 0 Å². The molecule has 8 unspecified atom stereocenters. The molecule has 0 radical (unpaired) electrons. The second kappa shape index (κ2) is 6.47. The standard InChI is InChI=1S/C31H52O/c1-25(2)14-15-27(5)16-17-28(6)21(22(27)20-25)10-11-23-29(28,7)18-19-31(9)26(3,4)24(32)12-13-30(23,31)8/h10,22-24,32H,11-20H2,1-9H3. The molecule has 5 aliphatic carbocycles. The molecule has 0 bridgehead atoms. The molecule has 8 atom stereocenters. The molecule has 5 aliphatic rings. The quantitative estimate of drug-likeness (QED) is 0.374. The van der Waals surface area contributed by atoms with Crippen molar-refractivity contribution >= 4 is 0 Å². The van der Waals surface area contributed by atoms with Crippen LogP contribution in [0.25, 0.3) is 0 Å². The summed E-state index contributed by atoms with van der Waals surface area (Å²) in [5.41, 5.74) is 4.12. The summed E-state index contributed by atoms with van der Waals surface area (Å²) in [6, 6.07) is 0. The minimum atomic E-state index is -0.157. The second-order valence-corrected chi connectivity index (χ2v) is 15.8. The highest BCUT2D eigenvalue weighted by atomic mass is 16.3. The fourth-order valence-electron chi connectivity index (χ4n) is 10.7. The fraction of sp³-hybridized carbons (Fsp3) is 0.935. The molecule has 0 aromatic heterocycles. The van der Waals surface area contributed by atoms with E-state index in [-0.39, 0.29) is 16.9 Å². The van der Waals surface area contributed by atoms with Crippen molar-refractivity contribution in [3.8, 4) is 0 Å². The monoisotopic (exact) mass is 440 g/mol. The molecule has 1 nitrogen and oxygen atoms in total. The first-order chi connectivity index (χ1) is 14.6. The van der Waals surface area contributed by atoms with Crippen LogP contribution in [0.3, 0.4) is 0 Å². The van der Waals surface area contributed by atoms with Gasteiger partial charge in [-0.1, -0.05) is 74.0 Å². The Kier molecular flexibility index (Phi) is 4.74. The second-order valence-electron chi connectivity index (χ2n) is 15.8. The summed E-state index contributed by atoms with van der Waals surface area (Å²) in [7, 11) is 0. The SMILES string of the molecule is CC1(C)CCC2(C)CCC3(C)C(=CCC4C3(C)CCC3(C)C(C)(C)C(O)CCC43C)C2C1. The first-order valence-corrected chi connectivity index (χ1v) is 14.0. The van der Waals surface area contributed by atoms with E-state index in [1.165, 1.54) is 57.8 Å². The van der Waals surface area contributed by atoms with Gasteiger partial charge in [0.05, 0.1) is 6.10 Å². The highest BCUT2D eigenvalue weighted by molar-refractivity contribution is 5.34. The van der Waals surface area contributed by atoms with Crippen molar-refractivity contribution in [2.24, 2.45) is 49.7 Å². The van der Waals surface area contributed by atoms with Gasteiger partial charge in [0.2, 0.25) is 0 Å². The number of aliphatic hydroxyl groups is 1. The van der Waals surface area contributed by atoms with E-state index in [4.69, 9.17) is 0 Å². The van der Waals surface area contributed by atoms with Gasteiger partial charge in [0, 0.05) is 0 Å². The lowest BCUT2D eigenvalue weighted by Crippen LogP contribution is -2.68. The third kappa shape index (κ3) is 2.56. The number of aliphatic hydroxyl groups excluding tert-OH is 1. The van der Waals surface area contributed by atoms with E-state index in [1.807, 2.05) is 5.57 Å². The zero-order valence-electron chi connectivity index (χ0n) is 22.8. The Morgan fingerprint density at radius 2 is 1.41 bits per heavy atom. The van der Waals surface area contributed by atoms with Crippen LogP contribution >= 0.6 is 0 Å². The van der Waals surface area contributed by atoms with Crippen LogP contribution < -0.4 is 0 Å². The molecule has 0 aromatic carbocycles. The molecule has 0 aliphatic heterocycles. The van der Waals surface area contributed by atoms with Gasteiger partial charge in [-0.25, -0.2) is 0 Å². The Labute approximate surface area is 199 Å². The predicted molar refractivity (Wildman–Crippen MR) is 135 cm³/mol. The molecular formula is C31H52O. The summed E-state index contributed by atoms with van der Waals surface area (Å²) in [5, 5.41) is 11.0. The van der Waals surface area contributed by atoms with Gasteiger partial charge in [-0.2, -0.15) is 0 Å². The number of allylic oxidation sites excluding steroid dienone is 2. The molecule has 32 heavy (non-hydrogen) atoms. The maximum atomic E-state index is 11.0. The van der Waals surface area contributed by atoms with E-state index in [2.05, 4.69) is 68.4 Å². The fourth-order valence-corrected chi connectivity index (χ4v) is 10.7. The summed E-state index contributed by atoms with van der Waals surface area (Å²) in [4.78, 5) is 0. The molecule has 1 heteroatoms. The molecule has 0 spiro atoms. The highest BCUT2D eigenvalue weighted by Gasteiger charge is 2.71. The lowest BCUT2D eigenvalue weighted by Gasteiger charge is -2.74. The van der Waals surface area contributed by atoms with Crippen LogP contribution in [0.15, 0.2) is 11.6 Å². The van der Waals surface area contributed by atoms with Crippen molar-refractivity contribution in [1.29, 1.82) is 0 Å². The minimum Gasteiger partial charge on any atom is -0.393 e. The van der Waals surface area contributed by atoms with E-state index in [1.54, 1.807) is 0 Å². The van der Waals surface area contributed by atoms with Gasteiger partial charge in [-0.05, 0) is 114 Å². The molecule has 0 amide bonds. The molecule has 5 rings (SSSR count).